The van der Waals surface area contributed by atoms with Crippen LogP contribution in [0, 0.1) is 5.82 Å². The lowest BCUT2D eigenvalue weighted by Gasteiger charge is -2.22. The maximum atomic E-state index is 12.8. The van der Waals surface area contributed by atoms with Gasteiger partial charge in [0.15, 0.2) is 0 Å². The van der Waals surface area contributed by atoms with Gasteiger partial charge >= 0.3 is 0 Å². The molecular weight excluding hydrogens is 379 g/mol. The maximum Gasteiger partial charge on any atom is 0.250 e. The van der Waals surface area contributed by atoms with Gasteiger partial charge in [0.05, 0.1) is 12.6 Å². The molecule has 2 rings (SSSR count). The van der Waals surface area contributed by atoms with E-state index in [-0.39, 0.29) is 15.9 Å². The highest BCUT2D eigenvalue weighted by Crippen LogP contribution is 2.16. The zero-order valence-corrected chi connectivity index (χ0v) is 16.1. The minimum Gasteiger partial charge on any atom is -0.494 e. The number of likely N-dealkylation sites (N-methyl/N-ethyl adjacent to an activating group) is 1. The molecular formula is C17H21FN2O4S2. The van der Waals surface area contributed by atoms with Crippen molar-refractivity contribution in [2.45, 2.75) is 23.6 Å². The predicted molar refractivity (Wildman–Crippen MR) is 98.3 cm³/mol. The highest BCUT2D eigenvalue weighted by Gasteiger charge is 2.24. The topological polar surface area (TPSA) is 75.7 Å². The van der Waals surface area contributed by atoms with Crippen LogP contribution in [0.5, 0.6) is 5.75 Å². The smallest absolute Gasteiger partial charge is 0.250 e. The molecule has 1 aromatic heterocycles. The van der Waals surface area contributed by atoms with Crippen LogP contribution in [0.15, 0.2) is 46.0 Å². The number of thiophene rings is 1. The summed E-state index contributed by atoms with van der Waals surface area (Å²) in [6, 6.07) is 7.94. The van der Waals surface area contributed by atoms with Gasteiger partial charge in [-0.1, -0.05) is 6.07 Å². The number of carbonyl (C=O) groups excluding carboxylic acids is 1. The van der Waals surface area contributed by atoms with Crippen LogP contribution in [0.3, 0.4) is 0 Å². The van der Waals surface area contributed by atoms with Crippen molar-refractivity contribution in [3.8, 4) is 5.75 Å². The summed E-state index contributed by atoms with van der Waals surface area (Å²) in [4.78, 5) is 13.8. The third-order valence-electron chi connectivity index (χ3n) is 3.56. The van der Waals surface area contributed by atoms with Crippen molar-refractivity contribution < 1.29 is 22.3 Å². The molecule has 1 unspecified atom stereocenters. The summed E-state index contributed by atoms with van der Waals surface area (Å²) in [5.41, 5.74) is 0. The van der Waals surface area contributed by atoms with Crippen molar-refractivity contribution in [1.82, 2.24) is 9.62 Å². The molecule has 142 valence electrons. The predicted octanol–water partition coefficient (Wildman–Crippen LogP) is 2.48. The minimum absolute atomic E-state index is 0.174. The lowest BCUT2D eigenvalue weighted by atomic mass is 10.3. The first-order valence-electron chi connectivity index (χ1n) is 7.99. The molecule has 0 fully saturated rings. The van der Waals surface area contributed by atoms with Crippen LogP contribution in [0.4, 0.5) is 4.39 Å². The number of hydrogen-bond donors (Lipinski definition) is 1. The summed E-state index contributed by atoms with van der Waals surface area (Å²) >= 11 is 1.09. The molecule has 1 heterocycles. The minimum atomic E-state index is -3.69. The van der Waals surface area contributed by atoms with E-state index >= 15 is 0 Å². The van der Waals surface area contributed by atoms with Gasteiger partial charge in [0.25, 0.3) is 10.0 Å². The zero-order valence-electron chi connectivity index (χ0n) is 14.5. The summed E-state index contributed by atoms with van der Waals surface area (Å²) in [5, 5.41) is 1.66. The number of nitrogens with zero attached hydrogens (tertiary/aromatic N) is 1. The van der Waals surface area contributed by atoms with Crippen LogP contribution < -0.4 is 9.46 Å². The fourth-order valence-corrected chi connectivity index (χ4v) is 4.43. The van der Waals surface area contributed by atoms with Crippen LogP contribution in [0.1, 0.15) is 13.3 Å². The lowest BCUT2D eigenvalue weighted by Crippen LogP contribution is -2.45. The van der Waals surface area contributed by atoms with Gasteiger partial charge < -0.3 is 9.64 Å². The molecule has 0 bridgehead atoms. The van der Waals surface area contributed by atoms with Gasteiger partial charge in [-0.05, 0) is 49.1 Å². The quantitative estimate of drug-likeness (QED) is 0.656. The third kappa shape index (κ3) is 5.79. The molecule has 6 nitrogen and oxygen atoms in total. The fraction of sp³-hybridized carbons (Fsp3) is 0.353. The molecule has 0 radical (unpaired) electrons. The molecule has 2 aromatic rings. The van der Waals surface area contributed by atoms with E-state index in [1.807, 2.05) is 0 Å². The Balaban J connectivity index is 1.76. The molecule has 1 aromatic carbocycles. The van der Waals surface area contributed by atoms with E-state index in [1.54, 1.807) is 18.5 Å². The Labute approximate surface area is 156 Å². The van der Waals surface area contributed by atoms with Gasteiger partial charge in [0.2, 0.25) is 5.91 Å². The van der Waals surface area contributed by atoms with Gasteiger partial charge in [-0.25, -0.2) is 12.8 Å². The molecule has 9 heteroatoms. The van der Waals surface area contributed by atoms with Gasteiger partial charge in [0, 0.05) is 13.6 Å². The molecule has 1 atom stereocenters. The average Bonchev–Trinajstić information content (AvgIpc) is 3.14. The van der Waals surface area contributed by atoms with Crippen LogP contribution in [-0.2, 0) is 14.8 Å². The molecule has 1 N–H and O–H groups in total. The third-order valence-corrected chi connectivity index (χ3v) is 6.50. The number of benzene rings is 1. The molecule has 0 saturated carbocycles. The first-order valence-corrected chi connectivity index (χ1v) is 10.3. The Kier molecular flexibility index (Phi) is 7.13. The fourth-order valence-electron chi connectivity index (χ4n) is 2.22. The Bertz CT molecular complexity index is 808. The number of ether oxygens (including phenoxy) is 1. The van der Waals surface area contributed by atoms with Crippen molar-refractivity contribution in [2.75, 3.05) is 20.2 Å². The van der Waals surface area contributed by atoms with E-state index in [4.69, 9.17) is 4.74 Å². The first kappa shape index (κ1) is 20.3. The molecule has 26 heavy (non-hydrogen) atoms. The maximum absolute atomic E-state index is 12.8. The monoisotopic (exact) mass is 400 g/mol. The highest BCUT2D eigenvalue weighted by atomic mass is 32.2. The molecule has 0 aliphatic heterocycles. The largest absolute Gasteiger partial charge is 0.494 e. The van der Waals surface area contributed by atoms with Crippen molar-refractivity contribution in [1.29, 1.82) is 0 Å². The van der Waals surface area contributed by atoms with Gasteiger partial charge in [-0.15, -0.1) is 11.3 Å². The Morgan fingerprint density at radius 3 is 2.62 bits per heavy atom. The van der Waals surface area contributed by atoms with Crippen molar-refractivity contribution in [2.24, 2.45) is 0 Å². The second-order valence-corrected chi connectivity index (χ2v) is 8.58. The SMILES string of the molecule is CC(NS(=O)(=O)c1cccs1)C(=O)N(C)CCCOc1ccc(F)cc1. The van der Waals surface area contributed by atoms with E-state index in [1.165, 1.54) is 42.2 Å². The molecule has 0 aliphatic carbocycles. The van der Waals surface area contributed by atoms with Crippen LogP contribution >= 0.6 is 11.3 Å². The van der Waals surface area contributed by atoms with E-state index < -0.39 is 16.1 Å². The van der Waals surface area contributed by atoms with Gasteiger partial charge in [0.1, 0.15) is 15.8 Å². The summed E-state index contributed by atoms with van der Waals surface area (Å²) in [6.07, 6.45) is 0.560. The standard InChI is InChI=1S/C17H21FN2O4S2/c1-13(19-26(22,23)16-5-3-12-25-16)17(21)20(2)10-4-11-24-15-8-6-14(18)7-9-15/h3,5-9,12-13,19H,4,10-11H2,1-2H3. The number of rotatable bonds is 9. The summed E-state index contributed by atoms with van der Waals surface area (Å²) < 4.78 is 45.1. The number of halogens is 1. The number of carbonyl (C=O) groups is 1. The van der Waals surface area contributed by atoms with Crippen molar-refractivity contribution in [3.05, 3.63) is 47.6 Å². The van der Waals surface area contributed by atoms with Crippen LogP contribution in [0.25, 0.3) is 0 Å². The molecule has 0 saturated heterocycles. The van der Waals surface area contributed by atoms with Gasteiger partial charge in [-0.3, -0.25) is 4.79 Å². The second kappa shape index (κ2) is 9.11. The first-order chi connectivity index (χ1) is 12.3. The van der Waals surface area contributed by atoms with Crippen LogP contribution in [-0.4, -0.2) is 45.5 Å². The average molecular weight is 400 g/mol. The summed E-state index contributed by atoms with van der Waals surface area (Å²) in [5.74, 6) is -0.106. The zero-order chi connectivity index (χ0) is 19.2. The van der Waals surface area contributed by atoms with Gasteiger partial charge in [-0.2, -0.15) is 4.72 Å². The normalized spacial score (nSPS) is 12.6. The lowest BCUT2D eigenvalue weighted by molar-refractivity contribution is -0.131. The van der Waals surface area contributed by atoms with E-state index in [9.17, 15) is 17.6 Å². The summed E-state index contributed by atoms with van der Waals surface area (Å²) in [6.45, 7) is 2.28. The Hall–Kier alpha value is -1.97. The van der Waals surface area contributed by atoms with Crippen molar-refractivity contribution >= 4 is 27.3 Å². The number of nitrogens with one attached hydrogen (secondary N) is 1. The van der Waals surface area contributed by atoms with E-state index in [0.29, 0.717) is 25.3 Å². The molecule has 0 spiro atoms. The Morgan fingerprint density at radius 1 is 1.31 bits per heavy atom. The second-order valence-electron chi connectivity index (χ2n) is 5.69. The molecule has 0 aliphatic rings. The number of hydrogen-bond acceptors (Lipinski definition) is 5. The number of amides is 1. The molecule has 1 amide bonds. The summed E-state index contributed by atoms with van der Waals surface area (Å²) in [7, 11) is -2.09. The van der Waals surface area contributed by atoms with E-state index in [2.05, 4.69) is 4.72 Å². The Morgan fingerprint density at radius 2 is 2.00 bits per heavy atom. The van der Waals surface area contributed by atoms with Crippen molar-refractivity contribution in [3.63, 3.8) is 0 Å². The number of sulfonamides is 1. The van der Waals surface area contributed by atoms with E-state index in [0.717, 1.165) is 11.3 Å². The van der Waals surface area contributed by atoms with Crippen LogP contribution in [0.2, 0.25) is 0 Å². The highest BCUT2D eigenvalue weighted by molar-refractivity contribution is 7.91.